The van der Waals surface area contributed by atoms with Gasteiger partial charge in [0.05, 0.1) is 23.0 Å². The Morgan fingerprint density at radius 1 is 1.27 bits per heavy atom. The Bertz CT molecular complexity index is 375. The highest BCUT2D eigenvalue weighted by Crippen LogP contribution is 2.36. The molecule has 1 saturated carbocycles. The van der Waals surface area contributed by atoms with Gasteiger partial charge in [-0.1, -0.05) is 0 Å². The molecule has 0 unspecified atom stereocenters. The highest BCUT2D eigenvalue weighted by Gasteiger charge is 2.32. The van der Waals surface area contributed by atoms with Gasteiger partial charge in [-0.3, -0.25) is 4.79 Å². The second-order valence-electron chi connectivity index (χ2n) is 3.91. The fraction of sp³-hybridized carbons (Fsp3) is 0.545. The maximum absolute atomic E-state index is 11.8. The lowest BCUT2D eigenvalue weighted by Crippen LogP contribution is -1.97. The average Bonchev–Trinajstić information content (AvgIpc) is 2.80. The van der Waals surface area contributed by atoms with E-state index in [0.29, 0.717) is 24.9 Å². The number of carbonyl (C=O) groups is 1. The van der Waals surface area contributed by atoms with Crippen LogP contribution in [0.3, 0.4) is 0 Å². The summed E-state index contributed by atoms with van der Waals surface area (Å²) in [5.41, 5.74) is 0. The van der Waals surface area contributed by atoms with Crippen LogP contribution in [0.1, 0.15) is 33.7 Å². The standard InChI is InChI=1S/C11H12O3S/c12-10(7-1-2-7)8-3-4-9(15-8)11-13-5-6-14-11/h3-4,7,11H,1-2,5-6H2. The van der Waals surface area contributed by atoms with Gasteiger partial charge in [0.25, 0.3) is 0 Å². The Hall–Kier alpha value is -0.710. The third kappa shape index (κ3) is 1.85. The molecule has 0 bridgehead atoms. The van der Waals surface area contributed by atoms with Gasteiger partial charge in [-0.25, -0.2) is 0 Å². The van der Waals surface area contributed by atoms with E-state index in [1.165, 1.54) is 11.3 Å². The summed E-state index contributed by atoms with van der Waals surface area (Å²) >= 11 is 1.51. The molecule has 0 amide bonds. The van der Waals surface area contributed by atoms with Crippen LogP contribution in [-0.4, -0.2) is 19.0 Å². The van der Waals surface area contributed by atoms with Crippen molar-refractivity contribution in [1.82, 2.24) is 0 Å². The van der Waals surface area contributed by atoms with Gasteiger partial charge in [0.15, 0.2) is 12.1 Å². The lowest BCUT2D eigenvalue weighted by molar-refractivity contribution is -0.0413. The summed E-state index contributed by atoms with van der Waals surface area (Å²) in [6.07, 6.45) is 1.88. The zero-order valence-corrected chi connectivity index (χ0v) is 9.09. The second kappa shape index (κ2) is 3.70. The summed E-state index contributed by atoms with van der Waals surface area (Å²) in [7, 11) is 0. The van der Waals surface area contributed by atoms with Crippen LogP contribution in [-0.2, 0) is 9.47 Å². The van der Waals surface area contributed by atoms with E-state index in [2.05, 4.69) is 0 Å². The fourth-order valence-electron chi connectivity index (χ4n) is 1.68. The minimum atomic E-state index is -0.240. The van der Waals surface area contributed by atoms with Crippen LogP contribution in [0.2, 0.25) is 0 Å². The largest absolute Gasteiger partial charge is 0.345 e. The van der Waals surface area contributed by atoms with E-state index in [1.54, 1.807) is 0 Å². The fourth-order valence-corrected chi connectivity index (χ4v) is 2.71. The molecule has 1 saturated heterocycles. The molecule has 15 heavy (non-hydrogen) atoms. The number of hydrogen-bond acceptors (Lipinski definition) is 4. The molecule has 4 heteroatoms. The van der Waals surface area contributed by atoms with E-state index in [0.717, 1.165) is 22.6 Å². The Labute approximate surface area is 92.0 Å². The Morgan fingerprint density at radius 3 is 2.67 bits per heavy atom. The third-order valence-corrected chi connectivity index (χ3v) is 3.79. The van der Waals surface area contributed by atoms with E-state index < -0.39 is 0 Å². The van der Waals surface area contributed by atoms with Gasteiger partial charge in [0.1, 0.15) is 0 Å². The molecule has 80 valence electrons. The number of rotatable bonds is 3. The lowest BCUT2D eigenvalue weighted by atomic mass is 10.2. The van der Waals surface area contributed by atoms with Gasteiger partial charge >= 0.3 is 0 Å². The molecule has 1 aliphatic carbocycles. The first-order valence-electron chi connectivity index (χ1n) is 5.22. The number of ether oxygens (including phenoxy) is 2. The lowest BCUT2D eigenvalue weighted by Gasteiger charge is -2.04. The summed E-state index contributed by atoms with van der Waals surface area (Å²) in [6.45, 7) is 1.29. The normalized spacial score (nSPS) is 22.1. The molecule has 0 aromatic carbocycles. The van der Waals surface area contributed by atoms with Crippen molar-refractivity contribution in [3.05, 3.63) is 21.9 Å². The number of ketones is 1. The van der Waals surface area contributed by atoms with Gasteiger partial charge in [-0.15, -0.1) is 11.3 Å². The molecular weight excluding hydrogens is 212 g/mol. The monoisotopic (exact) mass is 224 g/mol. The molecule has 3 nitrogen and oxygen atoms in total. The minimum absolute atomic E-state index is 0.240. The molecule has 2 heterocycles. The summed E-state index contributed by atoms with van der Waals surface area (Å²) in [6, 6.07) is 3.84. The highest BCUT2D eigenvalue weighted by molar-refractivity contribution is 7.14. The zero-order valence-electron chi connectivity index (χ0n) is 8.27. The molecule has 2 fully saturated rings. The quantitative estimate of drug-likeness (QED) is 0.739. The molecule has 1 aliphatic heterocycles. The van der Waals surface area contributed by atoms with Gasteiger partial charge in [-0.2, -0.15) is 0 Å². The molecule has 0 atom stereocenters. The molecule has 1 aromatic rings. The van der Waals surface area contributed by atoms with Gasteiger partial charge < -0.3 is 9.47 Å². The van der Waals surface area contributed by atoms with Crippen molar-refractivity contribution < 1.29 is 14.3 Å². The van der Waals surface area contributed by atoms with Gasteiger partial charge in [0.2, 0.25) is 0 Å². The maximum atomic E-state index is 11.8. The maximum Gasteiger partial charge on any atom is 0.193 e. The van der Waals surface area contributed by atoms with E-state index in [4.69, 9.17) is 9.47 Å². The highest BCUT2D eigenvalue weighted by atomic mass is 32.1. The van der Waals surface area contributed by atoms with E-state index >= 15 is 0 Å². The topological polar surface area (TPSA) is 35.5 Å². The van der Waals surface area contributed by atoms with Crippen molar-refractivity contribution in [3.8, 4) is 0 Å². The molecule has 0 N–H and O–H groups in total. The van der Waals surface area contributed by atoms with Crippen molar-refractivity contribution in [2.75, 3.05) is 13.2 Å². The number of hydrogen-bond donors (Lipinski definition) is 0. The van der Waals surface area contributed by atoms with Crippen molar-refractivity contribution in [1.29, 1.82) is 0 Å². The van der Waals surface area contributed by atoms with Crippen LogP contribution in [0, 0.1) is 5.92 Å². The Morgan fingerprint density at radius 2 is 2.00 bits per heavy atom. The molecular formula is C11H12O3S. The minimum Gasteiger partial charge on any atom is -0.345 e. The SMILES string of the molecule is O=C(c1ccc(C2OCCO2)s1)C1CC1. The summed E-state index contributed by atoms with van der Waals surface area (Å²) in [5, 5.41) is 0. The molecule has 1 aromatic heterocycles. The van der Waals surface area contributed by atoms with E-state index in [1.807, 2.05) is 12.1 Å². The second-order valence-corrected chi connectivity index (χ2v) is 5.03. The first-order chi connectivity index (χ1) is 7.34. The van der Waals surface area contributed by atoms with E-state index in [-0.39, 0.29) is 6.29 Å². The Kier molecular flexibility index (Phi) is 2.35. The van der Waals surface area contributed by atoms with Crippen LogP contribution in [0.15, 0.2) is 12.1 Å². The first kappa shape index (κ1) is 9.51. The predicted octanol–water partition coefficient (Wildman–Crippen LogP) is 2.39. The average molecular weight is 224 g/mol. The van der Waals surface area contributed by atoms with Crippen LogP contribution in [0.5, 0.6) is 0 Å². The van der Waals surface area contributed by atoms with Crippen molar-refractivity contribution >= 4 is 17.1 Å². The number of carbonyl (C=O) groups excluding carboxylic acids is 1. The molecule has 0 radical (unpaired) electrons. The van der Waals surface area contributed by atoms with Crippen molar-refractivity contribution in [2.24, 2.45) is 5.92 Å². The van der Waals surface area contributed by atoms with Crippen LogP contribution in [0.4, 0.5) is 0 Å². The Balaban J connectivity index is 1.77. The number of thiophene rings is 1. The molecule has 2 aliphatic rings. The number of Topliss-reactive ketones (excluding diaryl/α,β-unsaturated/α-hetero) is 1. The molecule has 0 spiro atoms. The van der Waals surface area contributed by atoms with Crippen LogP contribution in [0.25, 0.3) is 0 Å². The molecule has 3 rings (SSSR count). The van der Waals surface area contributed by atoms with Crippen LogP contribution < -0.4 is 0 Å². The smallest absolute Gasteiger partial charge is 0.193 e. The van der Waals surface area contributed by atoms with E-state index in [9.17, 15) is 4.79 Å². The summed E-state index contributed by atoms with van der Waals surface area (Å²) in [5.74, 6) is 0.589. The van der Waals surface area contributed by atoms with Crippen LogP contribution >= 0.6 is 11.3 Å². The van der Waals surface area contributed by atoms with Crippen molar-refractivity contribution in [3.63, 3.8) is 0 Å². The first-order valence-corrected chi connectivity index (χ1v) is 6.03. The zero-order chi connectivity index (χ0) is 10.3. The van der Waals surface area contributed by atoms with Crippen molar-refractivity contribution in [2.45, 2.75) is 19.1 Å². The summed E-state index contributed by atoms with van der Waals surface area (Å²) < 4.78 is 10.8. The van der Waals surface area contributed by atoms with Gasteiger partial charge in [0, 0.05) is 5.92 Å². The predicted molar refractivity (Wildman–Crippen MR) is 56.0 cm³/mol. The summed E-state index contributed by atoms with van der Waals surface area (Å²) in [4.78, 5) is 13.6. The third-order valence-electron chi connectivity index (χ3n) is 2.67. The van der Waals surface area contributed by atoms with Gasteiger partial charge in [-0.05, 0) is 25.0 Å².